The van der Waals surface area contributed by atoms with Crippen LogP contribution in [0.15, 0.2) is 41.2 Å². The monoisotopic (exact) mass is 383 g/mol. The van der Waals surface area contributed by atoms with Gasteiger partial charge in [0.15, 0.2) is 6.10 Å². The molecule has 0 N–H and O–H groups in total. The second-order valence-electron chi connectivity index (χ2n) is 7.03. The lowest BCUT2D eigenvalue weighted by Gasteiger charge is -2.23. The molecule has 1 aliphatic heterocycles. The van der Waals surface area contributed by atoms with Crippen LogP contribution in [0.2, 0.25) is 0 Å². The van der Waals surface area contributed by atoms with Crippen LogP contribution in [0, 0.1) is 6.92 Å². The average molecular weight is 383 g/mol. The van der Waals surface area contributed by atoms with Gasteiger partial charge in [-0.1, -0.05) is 31.0 Å². The van der Waals surface area contributed by atoms with E-state index in [1.54, 1.807) is 11.8 Å². The Balaban J connectivity index is 1.78. The van der Waals surface area contributed by atoms with Crippen LogP contribution >= 0.6 is 0 Å². The summed E-state index contributed by atoms with van der Waals surface area (Å²) in [4.78, 5) is 39.2. The Morgan fingerprint density at radius 3 is 2.36 bits per heavy atom. The molecule has 1 aromatic carbocycles. The first-order chi connectivity index (χ1) is 13.5. The Labute approximate surface area is 163 Å². The number of likely N-dealkylation sites (tertiary alicyclic amines) is 1. The topological polar surface area (TPSA) is 81.5 Å². The van der Waals surface area contributed by atoms with Crippen LogP contribution in [0.3, 0.4) is 0 Å². The fourth-order valence-corrected chi connectivity index (χ4v) is 3.33. The van der Waals surface area contributed by atoms with E-state index < -0.39 is 17.5 Å². The Hall–Kier alpha value is -2.96. The van der Waals surface area contributed by atoms with Crippen molar-refractivity contribution in [2.24, 2.45) is 0 Å². The molecule has 1 saturated heterocycles. The van der Waals surface area contributed by atoms with Crippen LogP contribution in [0.25, 0.3) is 5.69 Å². The van der Waals surface area contributed by atoms with Gasteiger partial charge >= 0.3 is 5.97 Å². The molecule has 1 unspecified atom stereocenters. The van der Waals surface area contributed by atoms with Crippen LogP contribution in [0.1, 0.15) is 48.8 Å². The fraction of sp³-hybridized carbons (Fsp3) is 0.429. The molecule has 0 spiro atoms. The summed E-state index contributed by atoms with van der Waals surface area (Å²) in [6, 6.07) is 10.5. The number of ether oxygens (including phenoxy) is 1. The first-order valence-corrected chi connectivity index (χ1v) is 9.63. The molecule has 0 saturated carbocycles. The second kappa shape index (κ2) is 8.82. The number of amides is 1. The van der Waals surface area contributed by atoms with E-state index in [1.165, 1.54) is 17.7 Å². The van der Waals surface area contributed by atoms with Crippen LogP contribution in [-0.4, -0.2) is 45.8 Å². The second-order valence-corrected chi connectivity index (χ2v) is 7.03. The van der Waals surface area contributed by atoms with Crippen molar-refractivity contribution in [1.29, 1.82) is 0 Å². The summed E-state index contributed by atoms with van der Waals surface area (Å²) in [6.45, 7) is 4.62. The molecule has 1 fully saturated rings. The van der Waals surface area contributed by atoms with Crippen molar-refractivity contribution in [2.45, 2.75) is 45.6 Å². The van der Waals surface area contributed by atoms with E-state index in [1.807, 2.05) is 30.3 Å². The SMILES string of the molecule is Cc1cc(=O)c(C(=O)OC(C)C(=O)N2CCCCCC2)nn1-c1ccccc1. The summed E-state index contributed by atoms with van der Waals surface area (Å²) >= 11 is 0. The molecule has 3 rings (SSSR count). The highest BCUT2D eigenvalue weighted by Crippen LogP contribution is 2.13. The van der Waals surface area contributed by atoms with Gasteiger partial charge in [0.25, 0.3) is 5.91 Å². The van der Waals surface area contributed by atoms with Crippen molar-refractivity contribution < 1.29 is 14.3 Å². The van der Waals surface area contributed by atoms with Gasteiger partial charge in [-0.2, -0.15) is 5.10 Å². The van der Waals surface area contributed by atoms with Gasteiger partial charge in [0.2, 0.25) is 11.1 Å². The maximum Gasteiger partial charge on any atom is 0.363 e. The lowest BCUT2D eigenvalue weighted by molar-refractivity contribution is -0.139. The third-order valence-electron chi connectivity index (χ3n) is 4.85. The zero-order chi connectivity index (χ0) is 20.1. The highest BCUT2D eigenvalue weighted by atomic mass is 16.5. The number of para-hydroxylation sites is 1. The van der Waals surface area contributed by atoms with Gasteiger partial charge in [-0.15, -0.1) is 0 Å². The molecule has 0 aliphatic carbocycles. The molecule has 148 valence electrons. The maximum absolute atomic E-state index is 12.6. The van der Waals surface area contributed by atoms with Crippen molar-refractivity contribution >= 4 is 11.9 Å². The summed E-state index contributed by atoms with van der Waals surface area (Å²) in [5.74, 6) is -1.11. The Kier molecular flexibility index (Phi) is 6.23. The Morgan fingerprint density at radius 1 is 1.07 bits per heavy atom. The Morgan fingerprint density at radius 2 is 1.71 bits per heavy atom. The highest BCUT2D eigenvalue weighted by Gasteiger charge is 2.27. The van der Waals surface area contributed by atoms with E-state index in [0.29, 0.717) is 18.8 Å². The molecule has 1 amide bonds. The highest BCUT2D eigenvalue weighted by molar-refractivity contribution is 5.90. The van der Waals surface area contributed by atoms with Crippen molar-refractivity contribution in [3.8, 4) is 5.69 Å². The molecular formula is C21H25N3O4. The molecule has 28 heavy (non-hydrogen) atoms. The first-order valence-electron chi connectivity index (χ1n) is 9.63. The summed E-state index contributed by atoms with van der Waals surface area (Å²) in [6.07, 6.45) is 3.15. The quantitative estimate of drug-likeness (QED) is 0.758. The molecule has 2 aromatic rings. The molecule has 1 atom stereocenters. The summed E-state index contributed by atoms with van der Waals surface area (Å²) in [5.41, 5.74) is 0.471. The number of carbonyl (C=O) groups is 2. The van der Waals surface area contributed by atoms with E-state index in [-0.39, 0.29) is 11.6 Å². The number of aromatic nitrogens is 2. The van der Waals surface area contributed by atoms with Gasteiger partial charge in [0.1, 0.15) is 0 Å². The van der Waals surface area contributed by atoms with E-state index in [2.05, 4.69) is 5.10 Å². The minimum Gasteiger partial charge on any atom is -0.448 e. The molecule has 7 nitrogen and oxygen atoms in total. The Bertz CT molecular complexity index is 900. The largest absolute Gasteiger partial charge is 0.448 e. The standard InChI is InChI=1S/C21H25N3O4/c1-15-14-18(25)19(22-24(15)17-10-6-5-7-11-17)21(27)28-16(2)20(26)23-12-8-3-4-9-13-23/h5-7,10-11,14,16H,3-4,8-9,12-13H2,1-2H3. The lowest BCUT2D eigenvalue weighted by atomic mass is 10.2. The van der Waals surface area contributed by atoms with Crippen molar-refractivity contribution in [3.63, 3.8) is 0 Å². The van der Waals surface area contributed by atoms with Crippen LogP contribution < -0.4 is 5.43 Å². The number of esters is 1. The molecule has 0 bridgehead atoms. The summed E-state index contributed by atoms with van der Waals surface area (Å²) < 4.78 is 6.81. The van der Waals surface area contributed by atoms with Gasteiger partial charge in [0, 0.05) is 24.8 Å². The van der Waals surface area contributed by atoms with E-state index in [9.17, 15) is 14.4 Å². The van der Waals surface area contributed by atoms with Gasteiger partial charge in [0.05, 0.1) is 5.69 Å². The van der Waals surface area contributed by atoms with Crippen LogP contribution in [0.4, 0.5) is 0 Å². The normalized spacial score (nSPS) is 15.6. The minimum atomic E-state index is -0.960. The molecule has 0 radical (unpaired) electrons. The predicted octanol–water partition coefficient (Wildman–Crippen LogP) is 2.49. The molecule has 2 heterocycles. The number of rotatable bonds is 4. The smallest absolute Gasteiger partial charge is 0.363 e. The third-order valence-corrected chi connectivity index (χ3v) is 4.85. The van der Waals surface area contributed by atoms with Gasteiger partial charge in [-0.25, -0.2) is 9.48 Å². The predicted molar refractivity (Wildman–Crippen MR) is 104 cm³/mol. The van der Waals surface area contributed by atoms with Gasteiger partial charge in [-0.3, -0.25) is 9.59 Å². The van der Waals surface area contributed by atoms with E-state index in [4.69, 9.17) is 4.74 Å². The van der Waals surface area contributed by atoms with Crippen LogP contribution in [0.5, 0.6) is 0 Å². The zero-order valence-corrected chi connectivity index (χ0v) is 16.3. The number of hydrogen-bond donors (Lipinski definition) is 0. The first kappa shape index (κ1) is 19.8. The van der Waals surface area contributed by atoms with Crippen molar-refractivity contribution in [2.75, 3.05) is 13.1 Å². The van der Waals surface area contributed by atoms with Crippen LogP contribution in [-0.2, 0) is 9.53 Å². The zero-order valence-electron chi connectivity index (χ0n) is 16.3. The fourth-order valence-electron chi connectivity index (χ4n) is 3.33. The average Bonchev–Trinajstić information content (AvgIpc) is 2.97. The number of benzene rings is 1. The van der Waals surface area contributed by atoms with Crippen molar-refractivity contribution in [3.05, 3.63) is 58.0 Å². The van der Waals surface area contributed by atoms with E-state index >= 15 is 0 Å². The lowest BCUT2D eigenvalue weighted by Crippen LogP contribution is -2.41. The van der Waals surface area contributed by atoms with Gasteiger partial charge < -0.3 is 9.64 Å². The number of carbonyl (C=O) groups excluding carboxylic acids is 2. The molecule has 1 aromatic heterocycles. The maximum atomic E-state index is 12.6. The van der Waals surface area contributed by atoms with Crippen molar-refractivity contribution in [1.82, 2.24) is 14.7 Å². The molecule has 7 heteroatoms. The summed E-state index contributed by atoms with van der Waals surface area (Å²) in [5, 5.41) is 4.19. The van der Waals surface area contributed by atoms with Gasteiger partial charge in [-0.05, 0) is 38.8 Å². The van der Waals surface area contributed by atoms with E-state index in [0.717, 1.165) is 31.4 Å². The number of nitrogens with zero attached hydrogens (tertiary/aromatic N) is 3. The molecule has 1 aliphatic rings. The minimum absolute atomic E-state index is 0.231. The third kappa shape index (κ3) is 4.47. The summed E-state index contributed by atoms with van der Waals surface area (Å²) in [7, 11) is 0. The molecular weight excluding hydrogens is 358 g/mol. The number of aryl methyl sites for hydroxylation is 1. The number of hydrogen-bond acceptors (Lipinski definition) is 5.